The molecule has 1 heterocycles. The summed E-state index contributed by atoms with van der Waals surface area (Å²) in [6.45, 7) is 4.69. The third-order valence-electron chi connectivity index (χ3n) is 12.1. The Balaban J connectivity index is 1.12. The zero-order valence-corrected chi connectivity index (χ0v) is 31.9. The van der Waals surface area contributed by atoms with Gasteiger partial charge in [0.15, 0.2) is 5.75 Å². The third kappa shape index (κ3) is 5.33. The fraction of sp³-hybridized carbons (Fsp3) is 0.0545. The van der Waals surface area contributed by atoms with Gasteiger partial charge >= 0.3 is 0 Å². The summed E-state index contributed by atoms with van der Waals surface area (Å²) in [6, 6.07) is 72.5. The lowest BCUT2D eigenvalue weighted by Crippen LogP contribution is -2.17. The predicted octanol–water partition coefficient (Wildman–Crippen LogP) is 15.4. The molecule has 1 aliphatic heterocycles. The Morgan fingerprint density at radius 1 is 0.386 bits per heavy atom. The minimum atomic E-state index is -0.144. The van der Waals surface area contributed by atoms with Crippen LogP contribution in [0.3, 0.4) is 0 Å². The van der Waals surface area contributed by atoms with Crippen LogP contribution in [0.25, 0.3) is 66.4 Å². The highest BCUT2D eigenvalue weighted by Crippen LogP contribution is 2.55. The molecule has 0 atom stereocenters. The summed E-state index contributed by atoms with van der Waals surface area (Å²) in [7, 11) is 0. The monoisotopic (exact) mass is 729 g/mol. The number of hydrogen-bond acceptors (Lipinski definition) is 2. The third-order valence-corrected chi connectivity index (χ3v) is 12.1. The maximum Gasteiger partial charge on any atom is 0.159 e. The fourth-order valence-corrected chi connectivity index (χ4v) is 9.25. The lowest BCUT2D eigenvalue weighted by atomic mass is 9.82. The first-order valence-corrected chi connectivity index (χ1v) is 19.8. The van der Waals surface area contributed by atoms with Crippen molar-refractivity contribution in [2.45, 2.75) is 19.3 Å². The quantitative estimate of drug-likeness (QED) is 0.175. The molecule has 0 radical (unpaired) electrons. The summed E-state index contributed by atoms with van der Waals surface area (Å²) in [4.78, 5) is 2.38. The van der Waals surface area contributed by atoms with E-state index in [0.717, 1.165) is 50.8 Å². The predicted molar refractivity (Wildman–Crippen MR) is 238 cm³/mol. The molecule has 2 heteroatoms. The first-order chi connectivity index (χ1) is 28.0. The zero-order chi connectivity index (χ0) is 38.1. The van der Waals surface area contributed by atoms with E-state index in [2.05, 4.69) is 219 Å². The fourth-order valence-electron chi connectivity index (χ4n) is 9.25. The van der Waals surface area contributed by atoms with Gasteiger partial charge in [-0.05, 0) is 109 Å². The van der Waals surface area contributed by atoms with Crippen LogP contribution >= 0.6 is 0 Å². The number of para-hydroxylation sites is 2. The second kappa shape index (κ2) is 13.0. The average Bonchev–Trinajstić information content (AvgIpc) is 3.39. The van der Waals surface area contributed by atoms with E-state index in [1.54, 1.807) is 0 Å². The van der Waals surface area contributed by atoms with E-state index >= 15 is 0 Å². The van der Waals surface area contributed by atoms with Gasteiger partial charge in [0.1, 0.15) is 5.75 Å². The molecule has 270 valence electrons. The second-order valence-corrected chi connectivity index (χ2v) is 15.7. The van der Waals surface area contributed by atoms with Gasteiger partial charge in [0.2, 0.25) is 0 Å². The molecule has 0 bridgehead atoms. The topological polar surface area (TPSA) is 12.5 Å². The standard InChI is InChI=1S/C55H39NO/c1-55(2)50-23-10-8-19-45(50)46-33-31-41(35-51(46)55)56(40-29-26-37(27-30-40)36-14-4-3-5-15-36)52-24-13-22-48-44-32-28-39(43-21-12-17-38-16-6-7-18-42(38)43)34-49(44)47-20-9-11-25-53(47)57-54(48)52/h3-35H,1-2H3. The Labute approximate surface area is 333 Å². The summed E-state index contributed by atoms with van der Waals surface area (Å²) < 4.78 is 7.19. The van der Waals surface area contributed by atoms with Gasteiger partial charge in [0, 0.05) is 27.9 Å². The molecule has 0 saturated carbocycles. The van der Waals surface area contributed by atoms with Crippen LogP contribution in [-0.4, -0.2) is 0 Å². The molecular weight excluding hydrogens is 691 g/mol. The Morgan fingerprint density at radius 2 is 1.00 bits per heavy atom. The van der Waals surface area contributed by atoms with Crippen molar-refractivity contribution >= 4 is 27.8 Å². The van der Waals surface area contributed by atoms with Gasteiger partial charge in [-0.2, -0.15) is 0 Å². The molecule has 9 aromatic carbocycles. The van der Waals surface area contributed by atoms with E-state index in [4.69, 9.17) is 4.74 Å². The van der Waals surface area contributed by atoms with Crippen molar-refractivity contribution in [1.82, 2.24) is 0 Å². The van der Waals surface area contributed by atoms with Crippen LogP contribution < -0.4 is 9.64 Å². The first kappa shape index (κ1) is 33.2. The maximum atomic E-state index is 7.19. The Morgan fingerprint density at radius 3 is 1.88 bits per heavy atom. The van der Waals surface area contributed by atoms with E-state index in [1.165, 1.54) is 55.3 Å². The van der Waals surface area contributed by atoms with Gasteiger partial charge in [-0.15, -0.1) is 0 Å². The number of benzene rings is 9. The minimum absolute atomic E-state index is 0.144. The van der Waals surface area contributed by atoms with Crippen LogP contribution in [0.1, 0.15) is 25.0 Å². The number of ether oxygens (including phenoxy) is 1. The highest BCUT2D eigenvalue weighted by Gasteiger charge is 2.36. The van der Waals surface area contributed by atoms with E-state index in [1.807, 2.05) is 0 Å². The molecule has 1 aliphatic carbocycles. The van der Waals surface area contributed by atoms with E-state index in [-0.39, 0.29) is 5.41 Å². The summed E-state index contributed by atoms with van der Waals surface area (Å²) in [5, 5.41) is 2.48. The SMILES string of the molecule is CC1(C)c2ccccc2-c2ccc(N(c3ccc(-c4ccccc4)cc3)c3cccc4c3Oc3ccccc3-c3cc(-c5cccc6ccccc56)ccc3-4)cc21. The van der Waals surface area contributed by atoms with Crippen LogP contribution in [0.15, 0.2) is 200 Å². The Hall–Kier alpha value is -7.16. The Bertz CT molecular complexity index is 3010. The summed E-state index contributed by atoms with van der Waals surface area (Å²) >= 11 is 0. The molecule has 11 rings (SSSR count). The van der Waals surface area contributed by atoms with Crippen molar-refractivity contribution in [2.24, 2.45) is 0 Å². The van der Waals surface area contributed by atoms with Gasteiger partial charge in [0.25, 0.3) is 0 Å². The van der Waals surface area contributed by atoms with Crippen LogP contribution in [0.4, 0.5) is 17.1 Å². The lowest BCUT2D eigenvalue weighted by molar-refractivity contribution is 0.489. The zero-order valence-electron chi connectivity index (χ0n) is 31.9. The molecule has 0 N–H and O–H groups in total. The molecule has 0 amide bonds. The Kier molecular flexibility index (Phi) is 7.55. The molecule has 2 aliphatic rings. The lowest BCUT2D eigenvalue weighted by Gasteiger charge is -2.30. The van der Waals surface area contributed by atoms with Gasteiger partial charge < -0.3 is 9.64 Å². The number of nitrogens with zero attached hydrogens (tertiary/aromatic N) is 1. The van der Waals surface area contributed by atoms with Crippen molar-refractivity contribution < 1.29 is 4.74 Å². The number of anilines is 3. The number of fused-ring (bicyclic) bond motifs is 9. The van der Waals surface area contributed by atoms with Crippen LogP contribution in [0.2, 0.25) is 0 Å². The van der Waals surface area contributed by atoms with Gasteiger partial charge in [-0.1, -0.05) is 172 Å². The number of rotatable bonds is 5. The molecule has 0 unspecified atom stereocenters. The molecule has 0 aromatic heterocycles. The average molecular weight is 730 g/mol. The minimum Gasteiger partial charge on any atom is -0.454 e. The van der Waals surface area contributed by atoms with E-state index in [9.17, 15) is 0 Å². The molecule has 0 fully saturated rings. The summed E-state index contributed by atoms with van der Waals surface area (Å²) in [6.07, 6.45) is 0. The van der Waals surface area contributed by atoms with E-state index in [0.29, 0.717) is 0 Å². The summed E-state index contributed by atoms with van der Waals surface area (Å²) in [5.41, 5.74) is 17.5. The molecule has 0 spiro atoms. The molecular formula is C55H39NO. The smallest absolute Gasteiger partial charge is 0.159 e. The van der Waals surface area contributed by atoms with Crippen LogP contribution in [0.5, 0.6) is 11.5 Å². The van der Waals surface area contributed by atoms with Gasteiger partial charge in [-0.25, -0.2) is 0 Å². The van der Waals surface area contributed by atoms with Gasteiger partial charge in [-0.3, -0.25) is 0 Å². The van der Waals surface area contributed by atoms with Crippen molar-refractivity contribution in [1.29, 1.82) is 0 Å². The maximum absolute atomic E-state index is 7.19. The van der Waals surface area contributed by atoms with Crippen LogP contribution in [0, 0.1) is 0 Å². The largest absolute Gasteiger partial charge is 0.454 e. The highest BCUT2D eigenvalue weighted by molar-refractivity contribution is 6.01. The number of hydrogen-bond donors (Lipinski definition) is 0. The first-order valence-electron chi connectivity index (χ1n) is 19.8. The summed E-state index contributed by atoms with van der Waals surface area (Å²) in [5.74, 6) is 1.67. The molecule has 9 aromatic rings. The second-order valence-electron chi connectivity index (χ2n) is 15.7. The molecule has 57 heavy (non-hydrogen) atoms. The molecule has 2 nitrogen and oxygen atoms in total. The van der Waals surface area contributed by atoms with Crippen molar-refractivity contribution in [3.8, 4) is 67.1 Å². The van der Waals surface area contributed by atoms with Crippen molar-refractivity contribution in [3.05, 3.63) is 211 Å². The van der Waals surface area contributed by atoms with Crippen molar-refractivity contribution in [2.75, 3.05) is 4.90 Å². The van der Waals surface area contributed by atoms with Crippen molar-refractivity contribution in [3.63, 3.8) is 0 Å². The normalized spacial score (nSPS) is 13.0. The van der Waals surface area contributed by atoms with Gasteiger partial charge in [0.05, 0.1) is 5.69 Å². The molecule has 0 saturated heterocycles. The van der Waals surface area contributed by atoms with E-state index < -0.39 is 0 Å². The van der Waals surface area contributed by atoms with Crippen LogP contribution in [-0.2, 0) is 5.41 Å². The highest BCUT2D eigenvalue weighted by atomic mass is 16.5.